The Labute approximate surface area is 197 Å². The molecule has 0 saturated carbocycles. The average molecular weight is 483 g/mol. The average Bonchev–Trinajstić information content (AvgIpc) is 3.24. The van der Waals surface area contributed by atoms with E-state index in [1.54, 1.807) is 38.1 Å². The first-order valence-corrected chi connectivity index (χ1v) is 10.4. The fraction of sp³-hybridized carbons (Fsp3) is 0.174. The molecule has 2 aromatic carbocycles. The van der Waals surface area contributed by atoms with Crippen LogP contribution in [0.2, 0.25) is 0 Å². The molecular weight excluding hydrogens is 463 g/mol. The number of nitrogens with two attached hydrogens (primary N) is 1. The molecule has 2 heterocycles. The summed E-state index contributed by atoms with van der Waals surface area (Å²) in [6, 6.07) is 11.8. The van der Waals surface area contributed by atoms with Gasteiger partial charge in [-0.05, 0) is 72.3 Å². The highest BCUT2D eigenvalue weighted by Crippen LogP contribution is 2.32. The van der Waals surface area contributed by atoms with Crippen molar-refractivity contribution in [2.24, 2.45) is 0 Å². The van der Waals surface area contributed by atoms with Crippen LogP contribution in [0.3, 0.4) is 0 Å². The van der Waals surface area contributed by atoms with E-state index in [0.29, 0.717) is 17.2 Å². The molecule has 0 unspecified atom stereocenters. The number of hydrogen-bond acceptors (Lipinski definition) is 6. The number of hydrogen-bond donors (Lipinski definition) is 2. The lowest BCUT2D eigenvalue weighted by Crippen LogP contribution is -2.28. The number of halogens is 3. The second-order valence-corrected chi connectivity index (χ2v) is 7.87. The molecule has 4 aromatic rings. The minimum atomic E-state index is -4.57. The Bertz CT molecular complexity index is 1460. The van der Waals surface area contributed by atoms with Crippen molar-refractivity contribution in [3.63, 3.8) is 0 Å². The molecule has 0 saturated heterocycles. The van der Waals surface area contributed by atoms with Crippen molar-refractivity contribution in [1.29, 1.82) is 0 Å². The summed E-state index contributed by atoms with van der Waals surface area (Å²) in [5, 5.41) is 14.0. The summed E-state index contributed by atoms with van der Waals surface area (Å²) in [6.45, 7) is 3.27. The van der Waals surface area contributed by atoms with Crippen LogP contribution in [0.4, 0.5) is 18.9 Å². The summed E-state index contributed by atoms with van der Waals surface area (Å²) < 4.78 is 42.2. The van der Waals surface area contributed by atoms with Gasteiger partial charge in [0.1, 0.15) is 0 Å². The van der Waals surface area contributed by atoms with Gasteiger partial charge in [0.2, 0.25) is 0 Å². The SMILES string of the molecule is Cc1nnnn1-c1cccc(-n2cc(C(=O)N[C@H](C)c3cc(N)cc(C(F)(F)F)c3)ccc2=O)c1. The lowest BCUT2D eigenvalue weighted by molar-refractivity contribution is -0.137. The Morgan fingerprint density at radius 1 is 1.09 bits per heavy atom. The fourth-order valence-corrected chi connectivity index (χ4v) is 3.52. The maximum Gasteiger partial charge on any atom is 0.416 e. The maximum atomic E-state index is 13.1. The van der Waals surface area contributed by atoms with Crippen molar-refractivity contribution < 1.29 is 18.0 Å². The maximum absolute atomic E-state index is 13.1. The highest BCUT2D eigenvalue weighted by molar-refractivity contribution is 5.94. The lowest BCUT2D eigenvalue weighted by atomic mass is 10.0. The van der Waals surface area contributed by atoms with Gasteiger partial charge in [-0.25, -0.2) is 0 Å². The van der Waals surface area contributed by atoms with Crippen LogP contribution in [0, 0.1) is 6.92 Å². The van der Waals surface area contributed by atoms with Crippen molar-refractivity contribution >= 4 is 11.6 Å². The molecule has 4 rings (SSSR count). The molecule has 0 radical (unpaired) electrons. The molecule has 35 heavy (non-hydrogen) atoms. The van der Waals surface area contributed by atoms with Crippen LogP contribution in [0.5, 0.6) is 0 Å². The zero-order valence-electron chi connectivity index (χ0n) is 18.6. The van der Waals surface area contributed by atoms with Gasteiger partial charge in [-0.1, -0.05) is 6.07 Å². The zero-order chi connectivity index (χ0) is 25.3. The zero-order valence-corrected chi connectivity index (χ0v) is 18.6. The number of nitrogen functional groups attached to an aromatic ring is 1. The number of aromatic nitrogens is 5. The van der Waals surface area contributed by atoms with Crippen molar-refractivity contribution in [3.8, 4) is 11.4 Å². The number of carbonyl (C=O) groups is 1. The van der Waals surface area contributed by atoms with E-state index in [2.05, 4.69) is 20.8 Å². The molecule has 9 nitrogen and oxygen atoms in total. The minimum Gasteiger partial charge on any atom is -0.399 e. The molecule has 12 heteroatoms. The third kappa shape index (κ3) is 5.05. The van der Waals surface area contributed by atoms with Gasteiger partial charge in [-0.15, -0.1) is 5.10 Å². The predicted molar refractivity (Wildman–Crippen MR) is 121 cm³/mol. The van der Waals surface area contributed by atoms with Crippen molar-refractivity contribution in [2.75, 3.05) is 5.73 Å². The van der Waals surface area contributed by atoms with Gasteiger partial charge >= 0.3 is 6.18 Å². The first kappa shape index (κ1) is 23.7. The molecule has 0 bridgehead atoms. The van der Waals surface area contributed by atoms with Crippen molar-refractivity contribution in [3.05, 3.63) is 93.7 Å². The van der Waals surface area contributed by atoms with Crippen molar-refractivity contribution in [2.45, 2.75) is 26.1 Å². The molecule has 3 N–H and O–H groups in total. The first-order valence-electron chi connectivity index (χ1n) is 10.4. The normalized spacial score (nSPS) is 12.4. The summed E-state index contributed by atoms with van der Waals surface area (Å²) in [5.74, 6) is -0.0263. The van der Waals surface area contributed by atoms with Crippen LogP contribution in [0.1, 0.15) is 40.3 Å². The molecule has 2 aromatic heterocycles. The number of pyridine rings is 1. The topological polar surface area (TPSA) is 121 Å². The summed E-state index contributed by atoms with van der Waals surface area (Å²) >= 11 is 0. The largest absolute Gasteiger partial charge is 0.416 e. The number of amides is 1. The number of rotatable bonds is 5. The van der Waals surface area contributed by atoms with E-state index in [0.717, 1.165) is 12.1 Å². The van der Waals surface area contributed by atoms with Crippen molar-refractivity contribution in [1.82, 2.24) is 30.1 Å². The quantitative estimate of drug-likeness (QED) is 0.421. The highest BCUT2D eigenvalue weighted by atomic mass is 19.4. The number of tetrazole rings is 1. The lowest BCUT2D eigenvalue weighted by Gasteiger charge is -2.18. The van der Waals surface area contributed by atoms with E-state index in [1.165, 1.54) is 33.6 Å². The number of alkyl halides is 3. The molecule has 0 fully saturated rings. The number of nitrogens with zero attached hydrogens (tertiary/aromatic N) is 5. The van der Waals surface area contributed by atoms with Gasteiger partial charge in [-0.2, -0.15) is 17.9 Å². The highest BCUT2D eigenvalue weighted by Gasteiger charge is 2.31. The second kappa shape index (κ2) is 9.05. The smallest absolute Gasteiger partial charge is 0.399 e. The minimum absolute atomic E-state index is 0.0674. The van der Waals surface area contributed by atoms with E-state index in [4.69, 9.17) is 5.73 Å². The Kier molecular flexibility index (Phi) is 6.12. The molecule has 0 spiro atoms. The van der Waals surface area contributed by atoms with E-state index >= 15 is 0 Å². The third-order valence-corrected chi connectivity index (χ3v) is 5.30. The number of benzene rings is 2. The van der Waals surface area contributed by atoms with Crippen LogP contribution in [0.15, 0.2) is 65.6 Å². The Balaban J connectivity index is 1.61. The van der Waals surface area contributed by atoms with E-state index in [9.17, 15) is 22.8 Å². The number of aryl methyl sites for hydroxylation is 1. The van der Waals surface area contributed by atoms with E-state index in [1.807, 2.05) is 0 Å². The Morgan fingerprint density at radius 3 is 2.51 bits per heavy atom. The molecule has 0 aliphatic heterocycles. The summed E-state index contributed by atoms with van der Waals surface area (Å²) in [4.78, 5) is 25.4. The number of anilines is 1. The summed E-state index contributed by atoms with van der Waals surface area (Å²) in [5.41, 5.74) is 5.69. The van der Waals surface area contributed by atoms with Crippen LogP contribution >= 0.6 is 0 Å². The number of carbonyl (C=O) groups excluding carboxylic acids is 1. The number of nitrogens with one attached hydrogen (secondary N) is 1. The molecule has 1 atom stereocenters. The van der Waals surface area contributed by atoms with Crippen LogP contribution in [0.25, 0.3) is 11.4 Å². The van der Waals surface area contributed by atoms with Gasteiger partial charge in [0.15, 0.2) is 5.82 Å². The van der Waals surface area contributed by atoms with Gasteiger partial charge in [0.25, 0.3) is 11.5 Å². The van der Waals surface area contributed by atoms with Gasteiger partial charge in [-0.3, -0.25) is 14.2 Å². The third-order valence-electron chi connectivity index (χ3n) is 5.30. The summed E-state index contributed by atoms with van der Waals surface area (Å²) in [6.07, 6.45) is -3.21. The fourth-order valence-electron chi connectivity index (χ4n) is 3.52. The molecular formula is C23H20F3N7O2. The summed E-state index contributed by atoms with van der Waals surface area (Å²) in [7, 11) is 0. The van der Waals surface area contributed by atoms with E-state index < -0.39 is 23.7 Å². The monoisotopic (exact) mass is 483 g/mol. The molecule has 1 amide bonds. The first-order chi connectivity index (χ1) is 16.5. The van der Waals surface area contributed by atoms with E-state index in [-0.39, 0.29) is 22.4 Å². The molecule has 0 aliphatic rings. The van der Waals surface area contributed by atoms with Gasteiger partial charge in [0, 0.05) is 18.0 Å². The van der Waals surface area contributed by atoms with Crippen LogP contribution in [-0.4, -0.2) is 30.7 Å². The van der Waals surface area contributed by atoms with Crippen LogP contribution in [-0.2, 0) is 6.18 Å². The Morgan fingerprint density at radius 2 is 1.83 bits per heavy atom. The predicted octanol–water partition coefficient (Wildman–Crippen LogP) is 3.21. The van der Waals surface area contributed by atoms with Gasteiger partial charge in [0.05, 0.1) is 28.5 Å². The molecule has 180 valence electrons. The van der Waals surface area contributed by atoms with Crippen LogP contribution < -0.4 is 16.6 Å². The second-order valence-electron chi connectivity index (χ2n) is 7.87. The van der Waals surface area contributed by atoms with Gasteiger partial charge < -0.3 is 11.1 Å². The standard InChI is InChI=1S/C23H20F3N7O2/c1-13(16-8-17(23(24,25)26)10-18(27)9-16)28-22(35)15-6-7-21(34)32(12-15)19-4-3-5-20(11-19)33-14(2)29-30-31-33/h3-13H,27H2,1-2H3,(H,28,35)/t13-/m1/s1. The molecule has 0 aliphatic carbocycles. The Hall–Kier alpha value is -4.48.